The highest BCUT2D eigenvalue weighted by Crippen LogP contribution is 2.39. The predicted molar refractivity (Wildman–Crippen MR) is 184 cm³/mol. The van der Waals surface area contributed by atoms with E-state index < -0.39 is 27.1 Å². The third kappa shape index (κ3) is 8.48. The van der Waals surface area contributed by atoms with E-state index in [1.807, 2.05) is 39.0 Å². The Morgan fingerprint density at radius 2 is 1.55 bits per heavy atom. The zero-order valence-electron chi connectivity index (χ0n) is 27.2. The highest BCUT2D eigenvalue weighted by atomic mass is 32.2. The number of benzene rings is 4. The number of anilines is 2. The second-order valence-corrected chi connectivity index (χ2v) is 14.2. The first-order valence-corrected chi connectivity index (χ1v) is 17.2. The Morgan fingerprint density at radius 1 is 0.894 bits per heavy atom. The topological polar surface area (TPSA) is 123 Å². The highest BCUT2D eigenvalue weighted by Gasteiger charge is 2.26. The summed E-state index contributed by atoms with van der Waals surface area (Å²) in [7, 11) is -2.48. The number of methoxy groups -OCH3 is 1. The summed E-state index contributed by atoms with van der Waals surface area (Å²) in [6.45, 7) is 10.2. The van der Waals surface area contributed by atoms with Crippen molar-refractivity contribution in [2.75, 3.05) is 56.6 Å². The van der Waals surface area contributed by atoms with Crippen LogP contribution in [0.4, 0.5) is 11.4 Å². The number of fused-ring (bicyclic) bond motifs is 1. The second kappa shape index (κ2) is 14.5. The normalized spacial score (nSPS) is 14.0. The number of amides is 1. The summed E-state index contributed by atoms with van der Waals surface area (Å²) in [5.41, 5.74) is 1.45. The maximum absolute atomic E-state index is 13.7. The van der Waals surface area contributed by atoms with Gasteiger partial charge in [0.25, 0.3) is 11.7 Å². The molecule has 10 nitrogen and oxygen atoms in total. The van der Waals surface area contributed by atoms with E-state index in [0.29, 0.717) is 36.5 Å². The summed E-state index contributed by atoms with van der Waals surface area (Å²) in [6.07, 6.45) is 0. The Hall–Kier alpha value is -4.45. The lowest BCUT2D eigenvalue weighted by Gasteiger charge is -2.26. The Morgan fingerprint density at radius 3 is 2.23 bits per heavy atom. The van der Waals surface area contributed by atoms with Gasteiger partial charge in [0.05, 0.1) is 37.5 Å². The molecule has 248 valence electrons. The molecule has 47 heavy (non-hydrogen) atoms. The van der Waals surface area contributed by atoms with Gasteiger partial charge in [-0.1, -0.05) is 75.4 Å². The van der Waals surface area contributed by atoms with Crippen LogP contribution in [0.2, 0.25) is 0 Å². The number of Topliss-reactive ketones (excluding diaryl/α,β-unsaturated/α-hetero) is 1. The van der Waals surface area contributed by atoms with Gasteiger partial charge in [-0.3, -0.25) is 19.2 Å². The van der Waals surface area contributed by atoms with E-state index in [0.717, 1.165) is 30.6 Å². The SMILES string of the molecule is COc1c(NC(=O)C(=O)c2ccc(OCCN3CCOCC3)c3ccccc23)cc(C(C)(C)C)cc1NS(=O)(=O)Cc1ccccc1. The van der Waals surface area contributed by atoms with E-state index in [9.17, 15) is 18.0 Å². The molecule has 1 saturated heterocycles. The van der Waals surface area contributed by atoms with E-state index in [-0.39, 0.29) is 28.4 Å². The predicted octanol–water partition coefficient (Wildman–Crippen LogP) is 5.62. The second-order valence-electron chi connectivity index (χ2n) is 12.4. The van der Waals surface area contributed by atoms with Gasteiger partial charge in [0.1, 0.15) is 12.4 Å². The van der Waals surface area contributed by atoms with Crippen molar-refractivity contribution in [1.29, 1.82) is 0 Å². The van der Waals surface area contributed by atoms with Gasteiger partial charge < -0.3 is 19.5 Å². The molecule has 1 heterocycles. The largest absolute Gasteiger partial charge is 0.492 e. The van der Waals surface area contributed by atoms with Gasteiger partial charge in [0, 0.05) is 30.6 Å². The minimum atomic E-state index is -3.86. The van der Waals surface area contributed by atoms with Crippen molar-refractivity contribution >= 4 is 43.9 Å². The van der Waals surface area contributed by atoms with Crippen molar-refractivity contribution in [3.8, 4) is 11.5 Å². The molecule has 4 aromatic rings. The van der Waals surface area contributed by atoms with Crippen LogP contribution in [0, 0.1) is 0 Å². The average molecular weight is 660 g/mol. The number of morpholine rings is 1. The van der Waals surface area contributed by atoms with Crippen LogP contribution in [-0.2, 0) is 30.7 Å². The van der Waals surface area contributed by atoms with Crippen molar-refractivity contribution in [3.63, 3.8) is 0 Å². The summed E-state index contributed by atoms with van der Waals surface area (Å²) in [5.74, 6) is -1.19. The van der Waals surface area contributed by atoms with Crippen LogP contribution in [0.15, 0.2) is 78.9 Å². The molecule has 4 aromatic carbocycles. The molecule has 1 aliphatic rings. The monoisotopic (exact) mass is 659 g/mol. The lowest BCUT2D eigenvalue weighted by molar-refractivity contribution is -0.112. The summed E-state index contributed by atoms with van der Waals surface area (Å²) >= 11 is 0. The molecular weight excluding hydrogens is 618 g/mol. The maximum atomic E-state index is 13.7. The average Bonchev–Trinajstić information content (AvgIpc) is 3.04. The van der Waals surface area contributed by atoms with Gasteiger partial charge in [0.2, 0.25) is 10.0 Å². The molecule has 11 heteroatoms. The quantitative estimate of drug-likeness (QED) is 0.148. The fourth-order valence-electron chi connectivity index (χ4n) is 5.45. The molecule has 0 radical (unpaired) electrons. The third-order valence-corrected chi connectivity index (χ3v) is 9.22. The van der Waals surface area contributed by atoms with Gasteiger partial charge in [-0.05, 0) is 46.2 Å². The number of carbonyl (C=O) groups is 2. The van der Waals surface area contributed by atoms with Crippen LogP contribution in [0.1, 0.15) is 42.3 Å². The first-order valence-electron chi connectivity index (χ1n) is 15.5. The van der Waals surface area contributed by atoms with Crippen LogP contribution >= 0.6 is 0 Å². The number of rotatable bonds is 12. The van der Waals surface area contributed by atoms with Crippen LogP contribution in [0.25, 0.3) is 10.8 Å². The number of hydrogen-bond acceptors (Lipinski definition) is 8. The maximum Gasteiger partial charge on any atom is 0.296 e. The van der Waals surface area contributed by atoms with Gasteiger partial charge >= 0.3 is 0 Å². The minimum Gasteiger partial charge on any atom is -0.492 e. The fraction of sp³-hybridized carbons (Fsp3) is 0.333. The highest BCUT2D eigenvalue weighted by molar-refractivity contribution is 7.91. The van der Waals surface area contributed by atoms with E-state index in [4.69, 9.17) is 14.2 Å². The van der Waals surface area contributed by atoms with E-state index >= 15 is 0 Å². The lowest BCUT2D eigenvalue weighted by atomic mass is 9.86. The minimum absolute atomic E-state index is 0.0876. The molecule has 0 aromatic heterocycles. The first kappa shape index (κ1) is 33.9. The van der Waals surface area contributed by atoms with Gasteiger partial charge in [-0.2, -0.15) is 0 Å². The molecule has 0 atom stereocenters. The smallest absolute Gasteiger partial charge is 0.296 e. The number of nitrogens with one attached hydrogen (secondary N) is 2. The summed E-state index contributed by atoms with van der Waals surface area (Å²) in [5, 5.41) is 4.01. The Kier molecular flexibility index (Phi) is 10.5. The number of nitrogens with zero attached hydrogens (tertiary/aromatic N) is 1. The third-order valence-electron chi connectivity index (χ3n) is 7.98. The molecule has 0 spiro atoms. The molecule has 0 aliphatic carbocycles. The van der Waals surface area contributed by atoms with Crippen molar-refractivity contribution < 1.29 is 32.2 Å². The van der Waals surface area contributed by atoms with Gasteiger partial charge in [-0.15, -0.1) is 0 Å². The van der Waals surface area contributed by atoms with Crippen molar-refractivity contribution in [3.05, 3.63) is 95.6 Å². The van der Waals surface area contributed by atoms with Crippen molar-refractivity contribution in [2.45, 2.75) is 31.9 Å². The van der Waals surface area contributed by atoms with E-state index in [1.54, 1.807) is 60.7 Å². The number of ether oxygens (including phenoxy) is 3. The summed E-state index contributed by atoms with van der Waals surface area (Å²) in [4.78, 5) is 29.5. The molecule has 1 fully saturated rings. The Bertz CT molecular complexity index is 1850. The van der Waals surface area contributed by atoms with Gasteiger partial charge in [-0.25, -0.2) is 8.42 Å². The first-order chi connectivity index (χ1) is 22.4. The zero-order chi connectivity index (χ0) is 33.6. The zero-order valence-corrected chi connectivity index (χ0v) is 28.0. The summed E-state index contributed by atoms with van der Waals surface area (Å²) in [6, 6.07) is 22.8. The van der Waals surface area contributed by atoms with Crippen LogP contribution < -0.4 is 19.5 Å². The molecule has 2 N–H and O–H groups in total. The molecule has 1 amide bonds. The van der Waals surface area contributed by atoms with Crippen molar-refractivity contribution in [1.82, 2.24) is 4.90 Å². The Labute approximate surface area is 276 Å². The van der Waals surface area contributed by atoms with Crippen LogP contribution in [0.3, 0.4) is 0 Å². The van der Waals surface area contributed by atoms with Crippen molar-refractivity contribution in [2.24, 2.45) is 0 Å². The standard InChI is InChI=1S/C36H41N3O7S/c1-36(2,3)26-22-30(34(44-4)31(23-26)38-47(42,43)24-25-10-6-5-7-11-25)37-35(41)33(40)29-14-15-32(28-13-9-8-12-27(28)29)46-21-18-39-16-19-45-20-17-39/h5-15,22-23,38H,16-21,24H2,1-4H3,(H,37,41). The molecular formula is C36H41N3O7S. The number of hydrogen-bond donors (Lipinski definition) is 2. The lowest BCUT2D eigenvalue weighted by Crippen LogP contribution is -2.38. The van der Waals surface area contributed by atoms with E-state index in [2.05, 4.69) is 14.9 Å². The van der Waals surface area contributed by atoms with E-state index in [1.165, 1.54) is 7.11 Å². The molecule has 5 rings (SSSR count). The molecule has 1 aliphatic heterocycles. The van der Waals surface area contributed by atoms with Crippen LogP contribution in [-0.4, -0.2) is 71.6 Å². The molecule has 0 saturated carbocycles. The van der Waals surface area contributed by atoms with Gasteiger partial charge in [0.15, 0.2) is 5.75 Å². The number of sulfonamides is 1. The number of carbonyl (C=O) groups excluding carboxylic acids is 2. The van der Waals surface area contributed by atoms with Crippen LogP contribution in [0.5, 0.6) is 11.5 Å². The summed E-state index contributed by atoms with van der Waals surface area (Å²) < 4.78 is 46.2. The molecule has 0 unspecified atom stereocenters. The Balaban J connectivity index is 1.40. The molecule has 0 bridgehead atoms. The number of ketones is 1. The fourth-order valence-corrected chi connectivity index (χ4v) is 6.64.